The maximum atomic E-state index is 13.1. The molecule has 100 valence electrons. The van der Waals surface area contributed by atoms with Gasteiger partial charge in [-0.05, 0) is 24.3 Å². The number of aromatic nitrogens is 1. The van der Waals surface area contributed by atoms with Crippen LogP contribution in [0, 0.1) is 11.2 Å². The van der Waals surface area contributed by atoms with Gasteiger partial charge in [-0.15, -0.1) is 0 Å². The van der Waals surface area contributed by atoms with Crippen LogP contribution in [0.5, 0.6) is 0 Å². The molecule has 0 saturated carbocycles. The lowest BCUT2D eigenvalue weighted by atomic mass is 9.78. The fourth-order valence-corrected chi connectivity index (χ4v) is 2.52. The second kappa shape index (κ2) is 5.22. The third kappa shape index (κ3) is 2.64. The Morgan fingerprint density at radius 1 is 1.44 bits per heavy atom. The zero-order valence-corrected chi connectivity index (χ0v) is 11.2. The zero-order chi connectivity index (χ0) is 13.2. The van der Waals surface area contributed by atoms with Crippen molar-refractivity contribution in [1.82, 2.24) is 4.98 Å². The van der Waals surface area contributed by atoms with Gasteiger partial charge in [0.25, 0.3) is 0 Å². The molecule has 0 radical (unpaired) electrons. The minimum atomic E-state index is -0.311. The Morgan fingerprint density at radius 3 is 2.67 bits per heavy atom. The van der Waals surface area contributed by atoms with Crippen molar-refractivity contribution in [3.8, 4) is 0 Å². The van der Waals surface area contributed by atoms with E-state index in [1.54, 1.807) is 0 Å². The van der Waals surface area contributed by atoms with Gasteiger partial charge in [0.05, 0.1) is 6.20 Å². The summed E-state index contributed by atoms with van der Waals surface area (Å²) in [5, 5.41) is 0. The molecule has 1 fully saturated rings. The molecule has 1 aromatic heterocycles. The highest BCUT2D eigenvalue weighted by atomic mass is 19.1. The predicted octanol–water partition coefficient (Wildman–Crippen LogP) is 2.70. The molecule has 1 aliphatic heterocycles. The zero-order valence-electron chi connectivity index (χ0n) is 11.2. The van der Waals surface area contributed by atoms with E-state index in [4.69, 9.17) is 5.73 Å². The molecule has 1 saturated heterocycles. The summed E-state index contributed by atoms with van der Waals surface area (Å²) in [6, 6.07) is 1.50. The minimum Gasteiger partial charge on any atom is -0.356 e. The molecule has 0 aliphatic carbocycles. The van der Waals surface area contributed by atoms with Crippen LogP contribution in [0.25, 0.3) is 0 Å². The van der Waals surface area contributed by atoms with Crippen LogP contribution in [-0.4, -0.2) is 18.1 Å². The number of rotatable bonds is 3. The highest BCUT2D eigenvalue weighted by Gasteiger charge is 2.29. The molecule has 2 rings (SSSR count). The van der Waals surface area contributed by atoms with Crippen LogP contribution in [-0.2, 0) is 6.54 Å². The van der Waals surface area contributed by atoms with E-state index in [0.717, 1.165) is 37.3 Å². The summed E-state index contributed by atoms with van der Waals surface area (Å²) in [6.07, 6.45) is 4.81. The average Bonchev–Trinajstić information content (AvgIpc) is 2.40. The predicted molar refractivity (Wildman–Crippen MR) is 71.9 cm³/mol. The number of piperidine rings is 1. The van der Waals surface area contributed by atoms with Gasteiger partial charge >= 0.3 is 0 Å². The third-order valence-corrected chi connectivity index (χ3v) is 4.25. The molecule has 0 unspecified atom stereocenters. The molecule has 18 heavy (non-hydrogen) atoms. The Hall–Kier alpha value is -1.16. The van der Waals surface area contributed by atoms with E-state index in [1.165, 1.54) is 18.7 Å². The van der Waals surface area contributed by atoms with Gasteiger partial charge in [0.1, 0.15) is 11.6 Å². The van der Waals surface area contributed by atoms with E-state index in [1.807, 2.05) is 0 Å². The fraction of sp³-hybridized carbons (Fsp3) is 0.643. The molecule has 0 amide bonds. The van der Waals surface area contributed by atoms with Crippen molar-refractivity contribution < 1.29 is 4.39 Å². The first-order chi connectivity index (χ1) is 8.58. The molecule has 3 nitrogen and oxygen atoms in total. The van der Waals surface area contributed by atoms with E-state index in [9.17, 15) is 4.39 Å². The number of hydrogen-bond donors (Lipinski definition) is 1. The Morgan fingerprint density at radius 2 is 2.11 bits per heavy atom. The molecule has 2 N–H and O–H groups in total. The van der Waals surface area contributed by atoms with Crippen molar-refractivity contribution in [1.29, 1.82) is 0 Å². The molecule has 0 aromatic carbocycles. The van der Waals surface area contributed by atoms with E-state index >= 15 is 0 Å². The Bertz CT molecular complexity index is 412. The second-order valence-corrected chi connectivity index (χ2v) is 5.49. The summed E-state index contributed by atoms with van der Waals surface area (Å²) < 4.78 is 13.1. The van der Waals surface area contributed by atoms with Gasteiger partial charge in [-0.3, -0.25) is 0 Å². The third-order valence-electron chi connectivity index (χ3n) is 4.25. The largest absolute Gasteiger partial charge is 0.356 e. The standard InChI is InChI=1S/C14H22FN3/c1-3-14(2)4-6-18(7-5-14)13-11(9-16)8-12(15)10-17-13/h8,10H,3-7,9,16H2,1-2H3. The lowest BCUT2D eigenvalue weighted by molar-refractivity contribution is 0.237. The number of pyridine rings is 1. The smallest absolute Gasteiger partial charge is 0.141 e. The van der Waals surface area contributed by atoms with Crippen LogP contribution in [0.3, 0.4) is 0 Å². The van der Waals surface area contributed by atoms with Crippen LogP contribution in [0.2, 0.25) is 0 Å². The van der Waals surface area contributed by atoms with Gasteiger partial charge in [-0.2, -0.15) is 0 Å². The van der Waals surface area contributed by atoms with Gasteiger partial charge in [-0.25, -0.2) is 9.37 Å². The SMILES string of the molecule is CCC1(C)CCN(c2ncc(F)cc2CN)CC1. The van der Waals surface area contributed by atoms with Gasteiger partial charge in [0.15, 0.2) is 0 Å². The summed E-state index contributed by atoms with van der Waals surface area (Å²) in [5.74, 6) is 0.548. The summed E-state index contributed by atoms with van der Waals surface area (Å²) in [6.45, 7) is 6.89. The van der Waals surface area contributed by atoms with Gasteiger partial charge in [0.2, 0.25) is 0 Å². The number of halogens is 1. The van der Waals surface area contributed by atoms with Gasteiger partial charge in [-0.1, -0.05) is 20.3 Å². The van der Waals surface area contributed by atoms with Crippen molar-refractivity contribution in [2.75, 3.05) is 18.0 Å². The second-order valence-electron chi connectivity index (χ2n) is 5.49. The van der Waals surface area contributed by atoms with Gasteiger partial charge in [0, 0.05) is 25.2 Å². The highest BCUT2D eigenvalue weighted by Crippen LogP contribution is 2.35. The normalized spacial score (nSPS) is 19.0. The molecular formula is C14H22FN3. The van der Waals surface area contributed by atoms with E-state index in [-0.39, 0.29) is 5.82 Å². The Labute approximate surface area is 108 Å². The number of anilines is 1. The topological polar surface area (TPSA) is 42.2 Å². The maximum absolute atomic E-state index is 13.1. The minimum absolute atomic E-state index is 0.311. The van der Waals surface area contributed by atoms with E-state index in [0.29, 0.717) is 12.0 Å². The molecule has 4 heteroatoms. The van der Waals surface area contributed by atoms with Crippen molar-refractivity contribution in [3.63, 3.8) is 0 Å². The lowest BCUT2D eigenvalue weighted by Gasteiger charge is -2.40. The first-order valence-corrected chi connectivity index (χ1v) is 6.67. The Balaban J connectivity index is 2.14. The average molecular weight is 251 g/mol. The van der Waals surface area contributed by atoms with Crippen molar-refractivity contribution in [2.24, 2.45) is 11.1 Å². The molecule has 1 aromatic rings. The van der Waals surface area contributed by atoms with Crippen LogP contribution >= 0.6 is 0 Å². The number of hydrogen-bond acceptors (Lipinski definition) is 3. The Kier molecular flexibility index (Phi) is 3.85. The van der Waals surface area contributed by atoms with Crippen LogP contribution in [0.1, 0.15) is 38.7 Å². The van der Waals surface area contributed by atoms with Crippen molar-refractivity contribution in [3.05, 3.63) is 23.6 Å². The van der Waals surface area contributed by atoms with Crippen molar-refractivity contribution >= 4 is 5.82 Å². The van der Waals surface area contributed by atoms with E-state index < -0.39 is 0 Å². The number of nitrogens with zero attached hydrogens (tertiary/aromatic N) is 2. The first-order valence-electron chi connectivity index (χ1n) is 6.67. The monoisotopic (exact) mass is 251 g/mol. The van der Waals surface area contributed by atoms with Crippen LogP contribution in [0.15, 0.2) is 12.3 Å². The molecule has 0 spiro atoms. The summed E-state index contributed by atoms with van der Waals surface area (Å²) in [5.41, 5.74) is 6.92. The summed E-state index contributed by atoms with van der Waals surface area (Å²) in [7, 11) is 0. The molecule has 0 atom stereocenters. The van der Waals surface area contributed by atoms with Crippen molar-refractivity contribution in [2.45, 2.75) is 39.7 Å². The summed E-state index contributed by atoms with van der Waals surface area (Å²) in [4.78, 5) is 6.45. The van der Waals surface area contributed by atoms with Crippen LogP contribution < -0.4 is 10.6 Å². The first kappa shape index (κ1) is 13.3. The highest BCUT2D eigenvalue weighted by molar-refractivity contribution is 5.47. The quantitative estimate of drug-likeness (QED) is 0.898. The van der Waals surface area contributed by atoms with E-state index in [2.05, 4.69) is 23.7 Å². The molecule has 1 aliphatic rings. The van der Waals surface area contributed by atoms with Crippen LogP contribution in [0.4, 0.5) is 10.2 Å². The van der Waals surface area contributed by atoms with Gasteiger partial charge < -0.3 is 10.6 Å². The molecular weight excluding hydrogens is 229 g/mol. The summed E-state index contributed by atoms with van der Waals surface area (Å²) >= 11 is 0. The molecule has 0 bridgehead atoms. The lowest BCUT2D eigenvalue weighted by Crippen LogP contribution is -2.39. The fourth-order valence-electron chi connectivity index (χ4n) is 2.52. The maximum Gasteiger partial charge on any atom is 0.141 e. The number of nitrogens with two attached hydrogens (primary N) is 1. The molecule has 2 heterocycles.